The van der Waals surface area contributed by atoms with Crippen molar-refractivity contribution in [3.05, 3.63) is 0 Å². The van der Waals surface area contributed by atoms with Crippen LogP contribution >= 0.6 is 0 Å². The highest BCUT2D eigenvalue weighted by molar-refractivity contribution is 4.75. The molecule has 4 unspecified atom stereocenters. The molecule has 8 nitrogen and oxygen atoms in total. The molecule has 0 heterocycles. The molecule has 0 bridgehead atoms. The van der Waals surface area contributed by atoms with Crippen LogP contribution in [0.4, 0.5) is 0 Å². The van der Waals surface area contributed by atoms with Crippen molar-refractivity contribution in [2.75, 3.05) is 26.4 Å². The number of hydrogen-bond donors (Lipinski definition) is 0. The normalized spacial score (nSPS) is 16.6. The van der Waals surface area contributed by atoms with Crippen LogP contribution in [0.3, 0.4) is 0 Å². The van der Waals surface area contributed by atoms with Crippen LogP contribution in [0.25, 0.3) is 0 Å². The maximum Gasteiger partial charge on any atom is 0.339 e. The molecule has 8 heteroatoms. The molecule has 0 N–H and O–H groups in total. The highest BCUT2D eigenvalue weighted by Gasteiger charge is 2.47. The van der Waals surface area contributed by atoms with Gasteiger partial charge in [-0.15, -0.1) is 0 Å². The maximum atomic E-state index is 6.56. The van der Waals surface area contributed by atoms with Gasteiger partial charge in [0.05, 0.1) is 37.6 Å². The summed E-state index contributed by atoms with van der Waals surface area (Å²) in [6.07, 6.45) is 13.5. The Balaban J connectivity index is 5.95. The first-order chi connectivity index (χ1) is 20.9. The van der Waals surface area contributed by atoms with Gasteiger partial charge < -0.3 is 28.4 Å². The molecule has 0 aliphatic carbocycles. The molecule has 4 atom stereocenters. The van der Waals surface area contributed by atoms with Crippen molar-refractivity contribution in [1.29, 1.82) is 0 Å². The average Bonchev–Trinajstić information content (AvgIpc) is 2.95. The van der Waals surface area contributed by atoms with Crippen LogP contribution in [-0.4, -0.2) is 62.3 Å². The quantitative estimate of drug-likeness (QED) is 0.0323. The van der Waals surface area contributed by atoms with Crippen molar-refractivity contribution < 1.29 is 38.2 Å². The molecular weight excluding hydrogens is 560 g/mol. The number of unbranched alkanes of at least 4 members (excludes halogenated alkanes) is 7. The molecule has 0 amide bonds. The van der Waals surface area contributed by atoms with E-state index in [1.807, 2.05) is 13.8 Å². The minimum Gasteiger partial charge on any atom is -0.370 e. The van der Waals surface area contributed by atoms with Gasteiger partial charge in [0.15, 0.2) is 0 Å². The summed E-state index contributed by atoms with van der Waals surface area (Å²) in [6.45, 7) is 25.1. The zero-order chi connectivity index (χ0) is 33.3. The van der Waals surface area contributed by atoms with E-state index < -0.39 is 23.7 Å². The first-order valence-electron chi connectivity index (χ1n) is 18.2. The topological polar surface area (TPSA) is 73.8 Å². The first kappa shape index (κ1) is 43.7. The molecule has 0 spiro atoms. The molecule has 0 saturated carbocycles. The Labute approximate surface area is 272 Å². The zero-order valence-corrected chi connectivity index (χ0v) is 30.9. The SMILES string of the molecule is CCCCCCOOC(OCCCC)(OC(C)C)C(CCCCC(OCCCCC)(OC(C)CC)OC(C)(C)C)OCCC. The fourth-order valence-corrected chi connectivity index (χ4v) is 4.70. The van der Waals surface area contributed by atoms with Gasteiger partial charge in [0, 0.05) is 13.0 Å². The highest BCUT2D eigenvalue weighted by atomic mass is 17.3. The van der Waals surface area contributed by atoms with Gasteiger partial charge in [0.2, 0.25) is 0 Å². The molecule has 0 rings (SSSR count). The van der Waals surface area contributed by atoms with E-state index in [1.165, 1.54) is 12.8 Å². The van der Waals surface area contributed by atoms with Crippen LogP contribution < -0.4 is 0 Å². The van der Waals surface area contributed by atoms with Gasteiger partial charge in [-0.3, -0.25) is 0 Å². The molecule has 0 fully saturated rings. The van der Waals surface area contributed by atoms with E-state index in [9.17, 15) is 0 Å². The van der Waals surface area contributed by atoms with Crippen molar-refractivity contribution in [2.24, 2.45) is 0 Å². The fourth-order valence-electron chi connectivity index (χ4n) is 4.70. The summed E-state index contributed by atoms with van der Waals surface area (Å²) in [5, 5.41) is 0. The van der Waals surface area contributed by atoms with Crippen molar-refractivity contribution in [2.45, 2.75) is 208 Å². The molecule has 0 aromatic heterocycles. The Bertz CT molecular complexity index is 640. The number of hydrogen-bond acceptors (Lipinski definition) is 8. The van der Waals surface area contributed by atoms with E-state index in [2.05, 4.69) is 62.3 Å². The molecule has 44 heavy (non-hydrogen) atoms. The molecular formula is C36H74O8. The Morgan fingerprint density at radius 2 is 1.23 bits per heavy atom. The second kappa shape index (κ2) is 25.7. The van der Waals surface area contributed by atoms with Gasteiger partial charge in [-0.1, -0.05) is 79.6 Å². The van der Waals surface area contributed by atoms with Crippen LogP contribution in [0.15, 0.2) is 0 Å². The lowest BCUT2D eigenvalue weighted by Crippen LogP contribution is -2.53. The second-order valence-corrected chi connectivity index (χ2v) is 13.3. The third-order valence-electron chi connectivity index (χ3n) is 7.06. The summed E-state index contributed by atoms with van der Waals surface area (Å²) in [4.78, 5) is 11.9. The van der Waals surface area contributed by atoms with Gasteiger partial charge >= 0.3 is 5.97 Å². The van der Waals surface area contributed by atoms with E-state index in [1.54, 1.807) is 0 Å². The summed E-state index contributed by atoms with van der Waals surface area (Å²) < 4.78 is 38.8. The van der Waals surface area contributed by atoms with Gasteiger partial charge in [0.25, 0.3) is 5.97 Å². The van der Waals surface area contributed by atoms with E-state index in [-0.39, 0.29) is 12.2 Å². The van der Waals surface area contributed by atoms with Gasteiger partial charge in [0.1, 0.15) is 6.10 Å². The van der Waals surface area contributed by atoms with E-state index in [4.69, 9.17) is 38.2 Å². The number of rotatable bonds is 31. The molecule has 0 saturated heterocycles. The lowest BCUT2D eigenvalue weighted by Gasteiger charge is -2.41. The van der Waals surface area contributed by atoms with Crippen LogP contribution in [0.2, 0.25) is 0 Å². The van der Waals surface area contributed by atoms with E-state index in [0.717, 1.165) is 70.6 Å². The Morgan fingerprint density at radius 3 is 1.82 bits per heavy atom. The lowest BCUT2D eigenvalue weighted by molar-refractivity contribution is -0.533. The van der Waals surface area contributed by atoms with Crippen molar-refractivity contribution >= 4 is 0 Å². The van der Waals surface area contributed by atoms with Crippen LogP contribution in [0.1, 0.15) is 172 Å². The van der Waals surface area contributed by atoms with Crippen molar-refractivity contribution in [3.63, 3.8) is 0 Å². The zero-order valence-electron chi connectivity index (χ0n) is 30.9. The molecule has 0 aliphatic rings. The summed E-state index contributed by atoms with van der Waals surface area (Å²) in [5.74, 6) is -2.56. The number of ether oxygens (including phenoxy) is 6. The van der Waals surface area contributed by atoms with Crippen LogP contribution in [-0.2, 0) is 38.2 Å². The smallest absolute Gasteiger partial charge is 0.339 e. The Morgan fingerprint density at radius 1 is 0.591 bits per heavy atom. The molecule has 0 aromatic carbocycles. The lowest BCUT2D eigenvalue weighted by atomic mass is 10.1. The van der Waals surface area contributed by atoms with E-state index in [0.29, 0.717) is 39.3 Å². The van der Waals surface area contributed by atoms with Crippen molar-refractivity contribution in [1.82, 2.24) is 0 Å². The summed E-state index contributed by atoms with van der Waals surface area (Å²) in [6, 6.07) is 0. The standard InChI is InChI=1S/C36H74O8/c1-12-17-20-24-30-40-44-36(41-31(6)7,39-28-19-14-3)33(37-27-15-4)25-21-22-26-35(42-32(8)16-5,43-34(9,10)11)38-29-23-18-13-2/h31-33H,12-30H2,1-11H3. The minimum absolute atomic E-state index is 0.00564. The van der Waals surface area contributed by atoms with Crippen LogP contribution in [0, 0.1) is 0 Å². The van der Waals surface area contributed by atoms with Crippen molar-refractivity contribution in [3.8, 4) is 0 Å². The molecule has 0 radical (unpaired) electrons. The highest BCUT2D eigenvalue weighted by Crippen LogP contribution is 2.34. The third kappa shape index (κ3) is 20.7. The van der Waals surface area contributed by atoms with Gasteiger partial charge in [-0.2, -0.15) is 4.89 Å². The molecule has 0 aliphatic heterocycles. The van der Waals surface area contributed by atoms with Crippen LogP contribution in [0.5, 0.6) is 0 Å². The maximum absolute atomic E-state index is 6.56. The molecule has 0 aromatic rings. The first-order valence-corrected chi connectivity index (χ1v) is 18.2. The Hall–Kier alpha value is -0.320. The fraction of sp³-hybridized carbons (Fsp3) is 1.00. The Kier molecular flexibility index (Phi) is 25.5. The predicted molar refractivity (Wildman–Crippen MR) is 179 cm³/mol. The average molecular weight is 635 g/mol. The predicted octanol–water partition coefficient (Wildman–Crippen LogP) is 10.3. The van der Waals surface area contributed by atoms with E-state index >= 15 is 0 Å². The summed E-state index contributed by atoms with van der Waals surface area (Å²) >= 11 is 0. The largest absolute Gasteiger partial charge is 0.370 e. The van der Waals surface area contributed by atoms with Gasteiger partial charge in [-0.05, 0) is 86.5 Å². The minimum atomic E-state index is -1.45. The van der Waals surface area contributed by atoms with Gasteiger partial charge in [-0.25, -0.2) is 4.89 Å². The monoisotopic (exact) mass is 635 g/mol. The third-order valence-corrected chi connectivity index (χ3v) is 7.06. The molecule has 266 valence electrons. The second-order valence-electron chi connectivity index (χ2n) is 13.3. The summed E-state index contributed by atoms with van der Waals surface area (Å²) in [7, 11) is 0. The summed E-state index contributed by atoms with van der Waals surface area (Å²) in [5.41, 5.74) is -0.430.